The fourth-order valence-electron chi connectivity index (χ4n) is 2.11. The molecule has 0 bridgehead atoms. The van der Waals surface area contributed by atoms with Crippen molar-refractivity contribution in [3.63, 3.8) is 0 Å². The predicted molar refractivity (Wildman–Crippen MR) is 78.9 cm³/mol. The van der Waals surface area contributed by atoms with Gasteiger partial charge in [-0.05, 0) is 37.6 Å². The molecule has 2 aromatic rings. The third-order valence-electron chi connectivity index (χ3n) is 3.11. The van der Waals surface area contributed by atoms with Gasteiger partial charge in [0.1, 0.15) is 18.3 Å². The number of hydrogen-bond acceptors (Lipinski definition) is 5. The molecule has 0 spiro atoms. The lowest BCUT2D eigenvalue weighted by molar-refractivity contribution is 0.182. The zero-order chi connectivity index (χ0) is 15.1. The summed E-state index contributed by atoms with van der Waals surface area (Å²) >= 11 is 0. The van der Waals surface area contributed by atoms with Crippen molar-refractivity contribution >= 4 is 5.69 Å². The molecule has 1 aromatic heterocycles. The van der Waals surface area contributed by atoms with E-state index in [2.05, 4.69) is 15.4 Å². The molecule has 2 rings (SSSR count). The molecule has 3 N–H and O–H groups in total. The molecule has 1 unspecified atom stereocenters. The van der Waals surface area contributed by atoms with Crippen LogP contribution in [0.4, 0.5) is 10.1 Å². The van der Waals surface area contributed by atoms with Gasteiger partial charge in [-0.15, -0.1) is 0 Å². The van der Waals surface area contributed by atoms with Crippen LogP contribution >= 0.6 is 0 Å². The van der Waals surface area contributed by atoms with Crippen LogP contribution in [0.3, 0.4) is 0 Å². The summed E-state index contributed by atoms with van der Waals surface area (Å²) in [5.74, 6) is -0.361. The standard InChI is InChI=1S/C14H20FN5O/c1-21-8-12(3-2-6-16)19-11-4-5-14(13(15)7-11)20-10-17-9-18-20/h4-5,7,9-10,12,19H,2-3,6,8,16H2,1H3. The Hall–Kier alpha value is -1.99. The number of hydrogen-bond donors (Lipinski definition) is 2. The van der Waals surface area contributed by atoms with E-state index in [1.807, 2.05) is 6.07 Å². The Morgan fingerprint density at radius 3 is 2.95 bits per heavy atom. The Bertz CT molecular complexity index is 546. The van der Waals surface area contributed by atoms with Crippen molar-refractivity contribution in [2.75, 3.05) is 25.6 Å². The highest BCUT2D eigenvalue weighted by Crippen LogP contribution is 2.18. The first-order valence-corrected chi connectivity index (χ1v) is 6.84. The first kappa shape index (κ1) is 15.4. The fourth-order valence-corrected chi connectivity index (χ4v) is 2.11. The molecule has 6 nitrogen and oxygen atoms in total. The van der Waals surface area contributed by atoms with Crippen molar-refractivity contribution < 1.29 is 9.13 Å². The van der Waals surface area contributed by atoms with Crippen molar-refractivity contribution in [3.05, 3.63) is 36.7 Å². The first-order chi connectivity index (χ1) is 10.2. The van der Waals surface area contributed by atoms with E-state index in [4.69, 9.17) is 10.5 Å². The van der Waals surface area contributed by atoms with Gasteiger partial charge >= 0.3 is 0 Å². The van der Waals surface area contributed by atoms with Gasteiger partial charge in [-0.1, -0.05) is 0 Å². The van der Waals surface area contributed by atoms with Crippen molar-refractivity contribution in [2.24, 2.45) is 5.73 Å². The number of nitrogens with one attached hydrogen (secondary N) is 1. The Labute approximate surface area is 123 Å². The van der Waals surface area contributed by atoms with Crippen LogP contribution in [-0.4, -0.2) is 41.1 Å². The van der Waals surface area contributed by atoms with Gasteiger partial charge in [-0.3, -0.25) is 0 Å². The van der Waals surface area contributed by atoms with E-state index in [-0.39, 0.29) is 11.9 Å². The van der Waals surface area contributed by atoms with Gasteiger partial charge in [0, 0.05) is 18.8 Å². The number of rotatable bonds is 8. The van der Waals surface area contributed by atoms with Crippen molar-refractivity contribution in [1.82, 2.24) is 14.8 Å². The number of methoxy groups -OCH3 is 1. The van der Waals surface area contributed by atoms with Gasteiger partial charge in [0.05, 0.1) is 6.61 Å². The van der Waals surface area contributed by atoms with E-state index in [0.29, 0.717) is 24.5 Å². The average Bonchev–Trinajstić information content (AvgIpc) is 2.99. The number of halogens is 1. The smallest absolute Gasteiger partial charge is 0.150 e. The minimum atomic E-state index is -0.361. The highest BCUT2D eigenvalue weighted by atomic mass is 19.1. The third-order valence-corrected chi connectivity index (χ3v) is 3.11. The minimum Gasteiger partial charge on any atom is -0.383 e. The molecule has 0 aliphatic rings. The van der Waals surface area contributed by atoms with Crippen molar-refractivity contribution in [2.45, 2.75) is 18.9 Å². The summed E-state index contributed by atoms with van der Waals surface area (Å²) in [4.78, 5) is 3.81. The monoisotopic (exact) mass is 293 g/mol. The van der Waals surface area contributed by atoms with E-state index < -0.39 is 0 Å². The van der Waals surface area contributed by atoms with Gasteiger partial charge in [0.25, 0.3) is 0 Å². The molecule has 21 heavy (non-hydrogen) atoms. The number of benzene rings is 1. The lowest BCUT2D eigenvalue weighted by Gasteiger charge is -2.19. The second-order valence-corrected chi connectivity index (χ2v) is 4.73. The number of nitrogens with zero attached hydrogens (tertiary/aromatic N) is 3. The van der Waals surface area contributed by atoms with Gasteiger partial charge in [0.2, 0.25) is 0 Å². The van der Waals surface area contributed by atoms with Gasteiger partial charge < -0.3 is 15.8 Å². The second-order valence-electron chi connectivity index (χ2n) is 4.73. The molecule has 0 saturated carbocycles. The first-order valence-electron chi connectivity index (χ1n) is 6.84. The molecule has 1 aromatic carbocycles. The van der Waals surface area contributed by atoms with Crippen LogP contribution in [0.1, 0.15) is 12.8 Å². The highest BCUT2D eigenvalue weighted by molar-refractivity contribution is 5.50. The van der Waals surface area contributed by atoms with Crippen molar-refractivity contribution in [3.8, 4) is 5.69 Å². The lowest BCUT2D eigenvalue weighted by atomic mass is 10.1. The number of anilines is 1. The predicted octanol–water partition coefficient (Wildman–Crippen LogP) is 1.57. The van der Waals surface area contributed by atoms with Crippen molar-refractivity contribution in [1.29, 1.82) is 0 Å². The molecule has 0 saturated heterocycles. The van der Waals surface area contributed by atoms with E-state index in [1.54, 1.807) is 13.2 Å². The van der Waals surface area contributed by atoms with Crippen LogP contribution in [0.5, 0.6) is 0 Å². The van der Waals surface area contributed by atoms with Crippen LogP contribution in [-0.2, 0) is 4.74 Å². The average molecular weight is 293 g/mol. The minimum absolute atomic E-state index is 0.107. The molecular formula is C14H20FN5O. The molecule has 114 valence electrons. The maximum Gasteiger partial charge on any atom is 0.150 e. The van der Waals surface area contributed by atoms with Gasteiger partial charge in [-0.25, -0.2) is 14.1 Å². The summed E-state index contributed by atoms with van der Waals surface area (Å²) in [6, 6.07) is 5.03. The molecule has 0 aliphatic carbocycles. The molecule has 0 aliphatic heterocycles. The maximum absolute atomic E-state index is 14.1. The zero-order valence-electron chi connectivity index (χ0n) is 12.0. The topological polar surface area (TPSA) is 78.0 Å². The Morgan fingerprint density at radius 1 is 1.48 bits per heavy atom. The molecule has 0 amide bonds. The number of aromatic nitrogens is 3. The van der Waals surface area contributed by atoms with E-state index >= 15 is 0 Å². The largest absolute Gasteiger partial charge is 0.383 e. The van der Waals surface area contributed by atoms with E-state index in [9.17, 15) is 4.39 Å². The SMILES string of the molecule is COCC(CCCN)Nc1ccc(-n2cncn2)c(F)c1. The normalized spacial score (nSPS) is 12.3. The fraction of sp³-hybridized carbons (Fsp3) is 0.429. The van der Waals surface area contributed by atoms with Crippen LogP contribution in [0.15, 0.2) is 30.9 Å². The number of nitrogens with two attached hydrogens (primary N) is 1. The summed E-state index contributed by atoms with van der Waals surface area (Å²) in [6.45, 7) is 1.17. The Morgan fingerprint density at radius 2 is 2.33 bits per heavy atom. The molecule has 1 heterocycles. The highest BCUT2D eigenvalue weighted by Gasteiger charge is 2.11. The van der Waals surface area contributed by atoms with E-state index in [1.165, 1.54) is 23.4 Å². The molecule has 0 radical (unpaired) electrons. The Kier molecular flexibility index (Phi) is 5.65. The third kappa shape index (κ3) is 4.24. The van der Waals surface area contributed by atoms with Crippen LogP contribution < -0.4 is 11.1 Å². The van der Waals surface area contributed by atoms with Gasteiger partial charge in [-0.2, -0.15) is 5.10 Å². The summed E-state index contributed by atoms with van der Waals surface area (Å²) in [6.07, 6.45) is 4.59. The zero-order valence-corrected chi connectivity index (χ0v) is 12.0. The molecule has 1 atom stereocenters. The van der Waals surface area contributed by atoms with Crippen LogP contribution in [0, 0.1) is 5.82 Å². The quantitative estimate of drug-likeness (QED) is 0.772. The summed E-state index contributed by atoms with van der Waals surface area (Å²) in [5, 5.41) is 7.18. The number of ether oxygens (including phenoxy) is 1. The summed E-state index contributed by atoms with van der Waals surface area (Å²) < 4.78 is 20.7. The second kappa shape index (κ2) is 7.70. The molecule has 7 heteroatoms. The van der Waals surface area contributed by atoms with Crippen LogP contribution in [0.2, 0.25) is 0 Å². The lowest BCUT2D eigenvalue weighted by Crippen LogP contribution is -2.26. The molecule has 0 fully saturated rings. The van der Waals surface area contributed by atoms with E-state index in [0.717, 1.165) is 12.8 Å². The van der Waals surface area contributed by atoms with Gasteiger partial charge in [0.15, 0.2) is 5.82 Å². The Balaban J connectivity index is 2.08. The summed E-state index contributed by atoms with van der Waals surface area (Å²) in [5.41, 5.74) is 6.59. The maximum atomic E-state index is 14.1. The summed E-state index contributed by atoms with van der Waals surface area (Å²) in [7, 11) is 1.64. The molecular weight excluding hydrogens is 273 g/mol. The van der Waals surface area contributed by atoms with Crippen LogP contribution in [0.25, 0.3) is 5.69 Å².